The molecular weight excluding hydrogens is 1500 g/mol. The van der Waals surface area contributed by atoms with Crippen LogP contribution in [0.1, 0.15) is 259 Å². The van der Waals surface area contributed by atoms with Gasteiger partial charge in [-0.1, -0.05) is 290 Å². The summed E-state index contributed by atoms with van der Waals surface area (Å²) < 4.78 is 0. The van der Waals surface area contributed by atoms with E-state index in [9.17, 15) is 0 Å². The van der Waals surface area contributed by atoms with Crippen molar-refractivity contribution in [2.24, 2.45) is 0 Å². The van der Waals surface area contributed by atoms with Crippen LogP contribution >= 0.6 is 0 Å². The molecule has 6 aliphatic rings. The van der Waals surface area contributed by atoms with E-state index in [0.717, 1.165) is 102 Å². The van der Waals surface area contributed by atoms with Crippen molar-refractivity contribution in [2.75, 3.05) is 19.6 Å². The average molecular weight is 1620 g/mol. The summed E-state index contributed by atoms with van der Waals surface area (Å²) in [6, 6.07) is 109. The summed E-state index contributed by atoms with van der Waals surface area (Å²) in [7, 11) is 0. The van der Waals surface area contributed by atoms with Crippen LogP contribution in [0.25, 0.3) is 72.9 Å². The monoisotopic (exact) mass is 1620 g/mol. The van der Waals surface area contributed by atoms with Gasteiger partial charge >= 0.3 is 0 Å². The zero-order valence-corrected chi connectivity index (χ0v) is 72.6. The number of benzene rings is 12. The molecule has 0 heterocycles. The molecule has 6 fully saturated rings. The third-order valence-electron chi connectivity index (χ3n) is 26.4. The second kappa shape index (κ2) is 41.1. The van der Waals surface area contributed by atoms with Crippen molar-refractivity contribution in [1.29, 1.82) is 0 Å². The Labute approximate surface area is 739 Å². The highest BCUT2D eigenvalue weighted by atomic mass is 15.2. The van der Waals surface area contributed by atoms with Crippen molar-refractivity contribution in [3.63, 3.8) is 0 Å². The molecule has 0 radical (unpaired) electrons. The number of hydrogen-bond donors (Lipinski definition) is 0. The summed E-state index contributed by atoms with van der Waals surface area (Å²) >= 11 is 0. The van der Waals surface area contributed by atoms with Gasteiger partial charge in [-0.05, 0) is 366 Å². The molecule has 0 aromatic heterocycles. The smallest absolute Gasteiger partial charge is 0.0462 e. The van der Waals surface area contributed by atoms with Crippen LogP contribution in [-0.4, -0.2) is 0 Å². The zero-order valence-electron chi connectivity index (χ0n) is 72.6. The lowest BCUT2D eigenvalue weighted by atomic mass is 9.93. The van der Waals surface area contributed by atoms with Crippen LogP contribution < -0.4 is 19.6 Å². The van der Waals surface area contributed by atoms with E-state index >= 15 is 0 Å². The van der Waals surface area contributed by atoms with Crippen molar-refractivity contribution in [2.45, 2.75) is 193 Å². The molecule has 124 heavy (non-hydrogen) atoms. The molecule has 4 heteroatoms. The minimum Gasteiger partial charge on any atom is -0.311 e. The lowest BCUT2D eigenvalue weighted by molar-refractivity contribution is 0.602. The van der Waals surface area contributed by atoms with Gasteiger partial charge in [0.1, 0.15) is 0 Å². The van der Waals surface area contributed by atoms with Crippen molar-refractivity contribution in [3.05, 3.63) is 391 Å². The van der Waals surface area contributed by atoms with E-state index in [1.54, 1.807) is 33.4 Å². The number of allylic oxidation sites excluding steroid dienone is 6. The van der Waals surface area contributed by atoms with Gasteiger partial charge in [-0.3, -0.25) is 0 Å². The zero-order chi connectivity index (χ0) is 83.3. The fourth-order valence-corrected chi connectivity index (χ4v) is 19.4. The Balaban J connectivity index is 0.603. The standard InChI is InChI=1S/C120H120N4/c1-7-19-97(20-8-1)85-103-49-73-115(74-50-103)122(116-75-51-104(52-76-116)86-98-21-9-2-10-22-98)112-67-43-94(44-68-112)34-31-91-37-61-109(62-38-91)121(110-63-39-92(40-64-110)32-35-95-45-69-113(70-46-95)123(117-77-53-105(54-78-117)87-99-23-11-3-12-24-99)118-79-55-106(56-80-118)88-100-25-13-4-14-26-100)111-65-41-93(42-66-111)33-36-96-47-71-114(72-48-96)124(119-81-57-107(58-82-119)89-101-27-15-5-16-28-101)120-83-59-108(60-84-120)90-102-29-17-6-18-30-102/h31-90H,1-30H2. The van der Waals surface area contributed by atoms with E-state index in [2.05, 4.69) is 384 Å². The predicted molar refractivity (Wildman–Crippen MR) is 538 cm³/mol. The van der Waals surface area contributed by atoms with Crippen LogP contribution in [0.15, 0.2) is 325 Å². The van der Waals surface area contributed by atoms with Gasteiger partial charge in [-0.2, -0.15) is 0 Å². The van der Waals surface area contributed by atoms with Gasteiger partial charge < -0.3 is 19.6 Å². The van der Waals surface area contributed by atoms with Crippen LogP contribution in [0.4, 0.5) is 68.2 Å². The first kappa shape index (κ1) is 82.5. The van der Waals surface area contributed by atoms with E-state index < -0.39 is 0 Å². The van der Waals surface area contributed by atoms with Crippen LogP contribution in [0, 0.1) is 0 Å². The Hall–Kier alpha value is -12.5. The maximum atomic E-state index is 2.43. The summed E-state index contributed by atoms with van der Waals surface area (Å²) in [6.07, 6.45) is 66.4. The Morgan fingerprint density at radius 3 is 0.315 bits per heavy atom. The Kier molecular flexibility index (Phi) is 27.3. The van der Waals surface area contributed by atoms with Crippen LogP contribution in [0.5, 0.6) is 0 Å². The molecule has 0 N–H and O–H groups in total. The molecule has 12 aromatic carbocycles. The lowest BCUT2D eigenvalue weighted by Gasteiger charge is -2.26. The fraction of sp³-hybridized carbons (Fsp3) is 0.250. The topological polar surface area (TPSA) is 13.0 Å². The molecule has 0 spiro atoms. The Bertz CT molecular complexity index is 4970. The molecule has 0 bridgehead atoms. The van der Waals surface area contributed by atoms with Gasteiger partial charge in [0.25, 0.3) is 0 Å². The molecule has 6 saturated carbocycles. The molecule has 4 nitrogen and oxygen atoms in total. The first-order valence-corrected chi connectivity index (χ1v) is 47.0. The first-order valence-electron chi connectivity index (χ1n) is 47.0. The van der Waals surface area contributed by atoms with Gasteiger partial charge in [0, 0.05) is 68.2 Å². The molecular formula is C120H120N4. The number of anilines is 12. The highest BCUT2D eigenvalue weighted by Gasteiger charge is 2.21. The highest BCUT2D eigenvalue weighted by Crippen LogP contribution is 2.43. The van der Waals surface area contributed by atoms with Crippen LogP contribution in [0.3, 0.4) is 0 Å². The van der Waals surface area contributed by atoms with Crippen molar-refractivity contribution < 1.29 is 0 Å². The quantitative estimate of drug-likeness (QED) is 0.0559. The predicted octanol–water partition coefficient (Wildman–Crippen LogP) is 36.2. The summed E-state index contributed by atoms with van der Waals surface area (Å²) in [5.74, 6) is 0. The summed E-state index contributed by atoms with van der Waals surface area (Å²) in [4.78, 5) is 9.59. The van der Waals surface area contributed by atoms with E-state index in [0.29, 0.717) is 0 Å². The van der Waals surface area contributed by atoms with E-state index in [-0.39, 0.29) is 0 Å². The van der Waals surface area contributed by atoms with Crippen molar-refractivity contribution in [1.82, 2.24) is 0 Å². The molecule has 0 saturated heterocycles. The minimum atomic E-state index is 1.08. The summed E-state index contributed by atoms with van der Waals surface area (Å²) in [5.41, 5.74) is 37.6. The minimum absolute atomic E-state index is 1.08. The third kappa shape index (κ3) is 21.9. The van der Waals surface area contributed by atoms with E-state index in [1.165, 1.54) is 226 Å². The molecule has 620 valence electrons. The van der Waals surface area contributed by atoms with E-state index in [1.807, 2.05) is 0 Å². The second-order valence-electron chi connectivity index (χ2n) is 35.6. The fourth-order valence-electron chi connectivity index (χ4n) is 19.4. The van der Waals surface area contributed by atoms with Crippen LogP contribution in [-0.2, 0) is 0 Å². The van der Waals surface area contributed by atoms with Gasteiger partial charge in [0.15, 0.2) is 0 Å². The SMILES string of the molecule is C(=Cc1ccc(N(c2ccc(C=C3CCCCC3)cc2)c2ccc(C=C3CCCCC3)cc2)cc1)c1ccc(N(c2ccc(C=Cc3ccc(N(c4ccc(C=C5CCCCC5)cc4)c4ccc(C=C5CCCCC5)cc4)cc3)cc2)c2ccc(C=Cc3ccc(N(c4ccc(C=C5CCCCC5)cc4)c4ccc(C=C5CCCCC5)cc4)cc3)cc2)cc1. The van der Waals surface area contributed by atoms with Gasteiger partial charge in [-0.25, -0.2) is 0 Å². The summed E-state index contributed by atoms with van der Waals surface area (Å²) in [5, 5.41) is 0. The highest BCUT2D eigenvalue weighted by molar-refractivity contribution is 5.86. The normalized spacial score (nSPS) is 15.9. The molecule has 0 amide bonds. The Morgan fingerprint density at radius 1 is 0.113 bits per heavy atom. The molecule has 18 rings (SSSR count). The Morgan fingerprint density at radius 2 is 0.210 bits per heavy atom. The molecule has 12 aromatic rings. The van der Waals surface area contributed by atoms with Crippen molar-refractivity contribution >= 4 is 141 Å². The number of nitrogens with zero attached hydrogens (tertiary/aromatic N) is 4. The van der Waals surface area contributed by atoms with Gasteiger partial charge in [0.05, 0.1) is 0 Å². The maximum absolute atomic E-state index is 2.43. The molecule has 6 aliphatic carbocycles. The molecule has 0 aliphatic heterocycles. The molecule has 0 unspecified atom stereocenters. The van der Waals surface area contributed by atoms with Gasteiger partial charge in [-0.15, -0.1) is 0 Å². The van der Waals surface area contributed by atoms with Crippen molar-refractivity contribution in [3.8, 4) is 0 Å². The number of hydrogen-bond acceptors (Lipinski definition) is 4. The van der Waals surface area contributed by atoms with Crippen LogP contribution in [0.2, 0.25) is 0 Å². The largest absolute Gasteiger partial charge is 0.311 e. The first-order chi connectivity index (χ1) is 61.3. The second-order valence-corrected chi connectivity index (χ2v) is 35.6. The third-order valence-corrected chi connectivity index (χ3v) is 26.4. The maximum Gasteiger partial charge on any atom is 0.0462 e. The lowest BCUT2D eigenvalue weighted by Crippen LogP contribution is -2.10. The number of rotatable bonds is 24. The average Bonchev–Trinajstić information content (AvgIpc) is 0.813. The molecule has 0 atom stereocenters. The van der Waals surface area contributed by atoms with E-state index in [4.69, 9.17) is 0 Å². The summed E-state index contributed by atoms with van der Waals surface area (Å²) in [6.45, 7) is 0. The van der Waals surface area contributed by atoms with Gasteiger partial charge in [0.2, 0.25) is 0 Å².